The van der Waals surface area contributed by atoms with E-state index < -0.39 is 13.9 Å². The van der Waals surface area contributed by atoms with Crippen molar-refractivity contribution in [3.63, 3.8) is 0 Å². The number of rotatable bonds is 4. The second kappa shape index (κ2) is 10.2. The minimum absolute atomic E-state index is 0.877. The summed E-state index contributed by atoms with van der Waals surface area (Å²) in [6.45, 7) is 1.66. The highest BCUT2D eigenvalue weighted by molar-refractivity contribution is 7.79. The topological polar surface area (TPSA) is 37.3 Å². The molecule has 0 aromatic heterocycles. The number of aliphatic carboxylic acids is 1. The van der Waals surface area contributed by atoms with E-state index in [0.717, 1.165) is 6.08 Å². The minimum atomic E-state index is -0.891. The predicted octanol–water partition coefficient (Wildman–Crippen LogP) is 3.82. The van der Waals surface area contributed by atoms with Gasteiger partial charge in [0.1, 0.15) is 15.9 Å². The first-order valence-electron chi connectivity index (χ1n) is 8.11. The molecule has 0 aliphatic heterocycles. The molecular formula is C22H22O2P+. The highest BCUT2D eigenvalue weighted by Gasteiger charge is 2.24. The van der Waals surface area contributed by atoms with Crippen LogP contribution in [0.15, 0.2) is 103 Å². The molecule has 2 nitrogen and oxygen atoms in total. The van der Waals surface area contributed by atoms with Gasteiger partial charge in [0.2, 0.25) is 0 Å². The molecule has 0 radical (unpaired) electrons. The fraction of sp³-hybridized carbons (Fsp3) is 0.0455. The van der Waals surface area contributed by atoms with Crippen LogP contribution in [0, 0.1) is 0 Å². The van der Waals surface area contributed by atoms with Crippen molar-refractivity contribution in [2.24, 2.45) is 0 Å². The van der Waals surface area contributed by atoms with Gasteiger partial charge in [-0.3, -0.25) is 0 Å². The van der Waals surface area contributed by atoms with Gasteiger partial charge >= 0.3 is 5.97 Å². The quantitative estimate of drug-likeness (QED) is 0.574. The fourth-order valence-corrected chi connectivity index (χ4v) is 5.03. The fourth-order valence-electron chi connectivity index (χ4n) is 2.46. The zero-order valence-electron chi connectivity index (χ0n) is 14.2. The molecule has 0 bridgehead atoms. The average molecular weight is 349 g/mol. The summed E-state index contributed by atoms with van der Waals surface area (Å²) in [4.78, 5) is 9.51. The second-order valence-electron chi connectivity index (χ2n) is 5.31. The molecule has 3 aromatic rings. The van der Waals surface area contributed by atoms with Crippen LogP contribution in [-0.4, -0.2) is 11.1 Å². The van der Waals surface area contributed by atoms with Crippen LogP contribution < -0.4 is 15.9 Å². The molecular weight excluding hydrogens is 327 g/mol. The van der Waals surface area contributed by atoms with E-state index in [-0.39, 0.29) is 0 Å². The van der Waals surface area contributed by atoms with Crippen molar-refractivity contribution >= 4 is 29.8 Å². The minimum Gasteiger partial charge on any atom is -0.478 e. The molecule has 0 aliphatic carbocycles. The highest BCUT2D eigenvalue weighted by Crippen LogP contribution is 2.32. The first-order chi connectivity index (χ1) is 12.2. The van der Waals surface area contributed by atoms with E-state index in [1.807, 2.05) is 0 Å². The lowest BCUT2D eigenvalue weighted by Crippen LogP contribution is -2.20. The molecule has 0 heterocycles. The van der Waals surface area contributed by atoms with Crippen molar-refractivity contribution in [1.82, 2.24) is 0 Å². The summed E-state index contributed by atoms with van der Waals surface area (Å²) in [5.74, 6) is -0.891. The zero-order valence-corrected chi connectivity index (χ0v) is 15.2. The third-order valence-corrected chi connectivity index (χ3v) is 6.23. The number of carbonyl (C=O) groups is 1. The maximum Gasteiger partial charge on any atom is 0.327 e. The van der Waals surface area contributed by atoms with Crippen molar-refractivity contribution < 1.29 is 9.90 Å². The number of carboxylic acid groups (broad SMARTS) is 1. The summed E-state index contributed by atoms with van der Waals surface area (Å²) in [6, 6.07) is 32.5. The molecule has 126 valence electrons. The van der Waals surface area contributed by atoms with E-state index in [4.69, 9.17) is 5.11 Å². The van der Waals surface area contributed by atoms with Gasteiger partial charge in [-0.05, 0) is 43.3 Å². The molecule has 0 aliphatic rings. The molecule has 0 atom stereocenters. The van der Waals surface area contributed by atoms with E-state index in [1.54, 1.807) is 6.92 Å². The van der Waals surface area contributed by atoms with Crippen LogP contribution in [0.2, 0.25) is 0 Å². The van der Waals surface area contributed by atoms with Gasteiger partial charge in [0, 0.05) is 6.08 Å². The average Bonchev–Trinajstić information content (AvgIpc) is 2.65. The Morgan fingerprint density at radius 3 is 1.24 bits per heavy atom. The van der Waals surface area contributed by atoms with Crippen molar-refractivity contribution in [3.8, 4) is 0 Å². The largest absolute Gasteiger partial charge is 0.478 e. The van der Waals surface area contributed by atoms with Gasteiger partial charge in [-0.25, -0.2) is 4.79 Å². The van der Waals surface area contributed by atoms with Crippen LogP contribution >= 0.6 is 7.92 Å². The van der Waals surface area contributed by atoms with Crippen LogP contribution in [0.3, 0.4) is 0 Å². The van der Waals surface area contributed by atoms with Gasteiger partial charge in [0.15, 0.2) is 0 Å². The molecule has 0 unspecified atom stereocenters. The monoisotopic (exact) mass is 349 g/mol. The molecule has 0 saturated heterocycles. The van der Waals surface area contributed by atoms with Gasteiger partial charge < -0.3 is 5.11 Å². The maximum atomic E-state index is 9.51. The number of benzene rings is 3. The highest BCUT2D eigenvalue weighted by atomic mass is 31.1. The smallest absolute Gasteiger partial charge is 0.327 e. The first-order valence-corrected chi connectivity index (χ1v) is 9.61. The Bertz CT molecular complexity index is 690. The summed E-state index contributed by atoms with van der Waals surface area (Å²) in [6.07, 6.45) is 2.56. The van der Waals surface area contributed by atoms with Gasteiger partial charge in [0.25, 0.3) is 0 Å². The summed E-state index contributed by atoms with van der Waals surface area (Å²) in [5, 5.41) is 12.1. The Hall–Kier alpha value is -2.70. The van der Waals surface area contributed by atoms with Gasteiger partial charge in [-0.2, -0.15) is 0 Å². The maximum absolute atomic E-state index is 9.51. The Balaban J connectivity index is 0.000000326. The van der Waals surface area contributed by atoms with Crippen molar-refractivity contribution in [2.75, 3.05) is 0 Å². The Labute approximate surface area is 150 Å². The van der Waals surface area contributed by atoms with Crippen LogP contribution in [0.5, 0.6) is 0 Å². The first kappa shape index (κ1) is 18.6. The molecule has 3 heteroatoms. The third kappa shape index (κ3) is 6.02. The lowest BCUT2D eigenvalue weighted by atomic mass is 10.4. The van der Waals surface area contributed by atoms with Crippen molar-refractivity contribution in [1.29, 1.82) is 0 Å². The Morgan fingerprint density at radius 2 is 1.04 bits per heavy atom. The molecule has 25 heavy (non-hydrogen) atoms. The molecule has 1 N–H and O–H groups in total. The summed E-state index contributed by atoms with van der Waals surface area (Å²) in [7, 11) is -0.877. The van der Waals surface area contributed by atoms with E-state index in [2.05, 4.69) is 91.0 Å². The van der Waals surface area contributed by atoms with E-state index in [9.17, 15) is 4.79 Å². The van der Waals surface area contributed by atoms with Crippen LogP contribution in [0.25, 0.3) is 0 Å². The lowest BCUT2D eigenvalue weighted by molar-refractivity contribution is -0.131. The lowest BCUT2D eigenvalue weighted by Gasteiger charge is -2.10. The van der Waals surface area contributed by atoms with E-state index >= 15 is 0 Å². The van der Waals surface area contributed by atoms with Crippen LogP contribution in [0.4, 0.5) is 0 Å². The number of carboxylic acids is 1. The van der Waals surface area contributed by atoms with Gasteiger partial charge in [-0.15, -0.1) is 0 Å². The number of allylic oxidation sites excluding steroid dienone is 1. The van der Waals surface area contributed by atoms with E-state index in [0.29, 0.717) is 0 Å². The van der Waals surface area contributed by atoms with Crippen molar-refractivity contribution in [2.45, 2.75) is 6.92 Å². The standard InChI is InChI=1S/C18H15P.C4H6O2/c1-4-10-16(11-5-1)19(17-12-6-2-7-13-17)18-14-8-3-9-15-18;1-2-3-4(5)6/h1-15H;2-3H,1H3,(H,5,6)/p+1. The molecule has 0 spiro atoms. The molecule has 0 fully saturated rings. The molecule has 0 saturated carbocycles. The van der Waals surface area contributed by atoms with Gasteiger partial charge in [-0.1, -0.05) is 60.7 Å². The predicted molar refractivity (Wildman–Crippen MR) is 109 cm³/mol. The molecule has 3 rings (SSSR count). The Morgan fingerprint density at radius 1 is 0.720 bits per heavy atom. The zero-order chi connectivity index (χ0) is 17.9. The normalized spacial score (nSPS) is 10.3. The van der Waals surface area contributed by atoms with Crippen LogP contribution in [0.1, 0.15) is 6.92 Å². The van der Waals surface area contributed by atoms with Crippen molar-refractivity contribution in [3.05, 3.63) is 103 Å². The summed E-state index contributed by atoms with van der Waals surface area (Å²) < 4.78 is 0. The van der Waals surface area contributed by atoms with E-state index in [1.165, 1.54) is 22.0 Å². The third-order valence-electron chi connectivity index (χ3n) is 3.50. The number of hydrogen-bond donors (Lipinski definition) is 1. The Kier molecular flexibility index (Phi) is 7.62. The molecule has 3 aromatic carbocycles. The number of hydrogen-bond acceptors (Lipinski definition) is 1. The van der Waals surface area contributed by atoms with Gasteiger partial charge in [0.05, 0.1) is 7.92 Å². The second-order valence-corrected chi connectivity index (χ2v) is 7.79. The van der Waals surface area contributed by atoms with Crippen LogP contribution in [-0.2, 0) is 4.79 Å². The SMILES string of the molecule is CC=CC(=O)O.c1ccc([PH+](c2ccccc2)c2ccccc2)cc1. The summed E-state index contributed by atoms with van der Waals surface area (Å²) in [5.41, 5.74) is 0. The summed E-state index contributed by atoms with van der Waals surface area (Å²) >= 11 is 0. The molecule has 0 amide bonds.